The molecule has 0 aliphatic heterocycles. The van der Waals surface area contributed by atoms with E-state index in [9.17, 15) is 0 Å². The van der Waals surface area contributed by atoms with Crippen LogP contribution in [-0.2, 0) is 23.9 Å². The summed E-state index contributed by atoms with van der Waals surface area (Å²) >= 11 is 1.26. The zero-order valence-corrected chi connectivity index (χ0v) is 12.3. The SMILES string of the molecule is CC[CH]=[Hf+2].[C-]1=CC=CC1.[C-]1=CC=CC1. The first-order valence-corrected chi connectivity index (χ1v) is 6.91. The smallest absolute Gasteiger partial charge is 0.109 e. The van der Waals surface area contributed by atoms with Crippen molar-refractivity contribution in [1.82, 2.24) is 0 Å². The normalized spacial score (nSPS) is 14.5. The van der Waals surface area contributed by atoms with Crippen LogP contribution in [-0.4, -0.2) is 3.76 Å². The van der Waals surface area contributed by atoms with E-state index in [1.54, 1.807) is 0 Å². The van der Waals surface area contributed by atoms with Gasteiger partial charge in [-0.2, -0.15) is 12.2 Å². The van der Waals surface area contributed by atoms with Gasteiger partial charge in [0.1, 0.15) is 0 Å². The van der Waals surface area contributed by atoms with Crippen LogP contribution in [0.4, 0.5) is 0 Å². The average molecular weight is 351 g/mol. The molecule has 0 saturated heterocycles. The topological polar surface area (TPSA) is 0 Å². The molecule has 0 aromatic heterocycles. The van der Waals surface area contributed by atoms with Crippen molar-refractivity contribution >= 4 is 3.76 Å². The first-order valence-electron chi connectivity index (χ1n) is 4.84. The Kier molecular flexibility index (Phi) is 12.4. The van der Waals surface area contributed by atoms with Crippen LogP contribution < -0.4 is 0 Å². The molecule has 0 radical (unpaired) electrons. The molecule has 14 heavy (non-hydrogen) atoms. The van der Waals surface area contributed by atoms with Crippen LogP contribution in [0.5, 0.6) is 0 Å². The number of rotatable bonds is 1. The molecule has 0 bridgehead atoms. The number of hydrogen-bond donors (Lipinski definition) is 0. The first-order chi connectivity index (χ1) is 6.91. The maximum atomic E-state index is 2.99. The Hall–Kier alpha value is -0.300. The molecule has 2 rings (SSSR count). The van der Waals surface area contributed by atoms with E-state index in [0.717, 1.165) is 12.8 Å². The Morgan fingerprint density at radius 2 is 1.57 bits per heavy atom. The number of hydrogen-bond acceptors (Lipinski definition) is 0. The van der Waals surface area contributed by atoms with E-state index in [2.05, 4.69) is 35.0 Å². The predicted molar refractivity (Wildman–Crippen MR) is 59.5 cm³/mol. The molecule has 1 heteroatoms. The van der Waals surface area contributed by atoms with E-state index in [4.69, 9.17) is 0 Å². The molecule has 0 fully saturated rings. The van der Waals surface area contributed by atoms with Crippen molar-refractivity contribution in [3.05, 3.63) is 48.6 Å². The molecule has 2 aliphatic carbocycles. The Morgan fingerprint density at radius 3 is 1.64 bits per heavy atom. The maximum Gasteiger partial charge on any atom is -0.109 e. The van der Waals surface area contributed by atoms with Gasteiger partial charge in [-0.05, 0) is 0 Å². The Bertz CT molecular complexity index is 190. The van der Waals surface area contributed by atoms with E-state index in [1.807, 2.05) is 24.3 Å². The van der Waals surface area contributed by atoms with Gasteiger partial charge in [-0.25, -0.2) is 24.3 Å². The first kappa shape index (κ1) is 13.7. The molecule has 0 unspecified atom stereocenters. The van der Waals surface area contributed by atoms with Gasteiger partial charge in [-0.15, -0.1) is 12.8 Å². The van der Waals surface area contributed by atoms with E-state index in [-0.39, 0.29) is 0 Å². The minimum absolute atomic E-state index is 1.01. The van der Waals surface area contributed by atoms with E-state index in [0.29, 0.717) is 0 Å². The monoisotopic (exact) mass is 352 g/mol. The van der Waals surface area contributed by atoms with Crippen LogP contribution in [0.3, 0.4) is 0 Å². The van der Waals surface area contributed by atoms with Crippen molar-refractivity contribution in [3.63, 3.8) is 0 Å². The van der Waals surface area contributed by atoms with Gasteiger partial charge in [0.05, 0.1) is 0 Å². The minimum Gasteiger partial charge on any atom is -0.273 e. The summed E-state index contributed by atoms with van der Waals surface area (Å²) in [6, 6.07) is 0. The van der Waals surface area contributed by atoms with Crippen LogP contribution in [0, 0.1) is 12.2 Å². The van der Waals surface area contributed by atoms with Crippen LogP contribution in [0.2, 0.25) is 0 Å². The molecule has 0 nitrogen and oxygen atoms in total. The van der Waals surface area contributed by atoms with Crippen molar-refractivity contribution in [1.29, 1.82) is 0 Å². The molecule has 72 valence electrons. The van der Waals surface area contributed by atoms with E-state index < -0.39 is 0 Å². The van der Waals surface area contributed by atoms with Gasteiger partial charge in [0.15, 0.2) is 0 Å². The molecule has 0 spiro atoms. The summed E-state index contributed by atoms with van der Waals surface area (Å²) in [6.07, 6.45) is 21.3. The fraction of sp³-hybridized carbons (Fsp3) is 0.308. The van der Waals surface area contributed by atoms with Gasteiger partial charge in [-0.3, -0.25) is 12.2 Å². The third kappa shape index (κ3) is 11.7. The molecule has 0 aromatic rings. The fourth-order valence-electron chi connectivity index (χ4n) is 0.680. The largest absolute Gasteiger partial charge is 0.273 e. The van der Waals surface area contributed by atoms with Gasteiger partial charge in [-0.1, -0.05) is 0 Å². The summed E-state index contributed by atoms with van der Waals surface area (Å²) in [7, 11) is 0. The van der Waals surface area contributed by atoms with Gasteiger partial charge in [0.2, 0.25) is 0 Å². The molecule has 0 N–H and O–H groups in total. The second-order valence-electron chi connectivity index (χ2n) is 2.62. The van der Waals surface area contributed by atoms with Crippen molar-refractivity contribution in [3.8, 4) is 0 Å². The van der Waals surface area contributed by atoms with Crippen LogP contribution in [0.15, 0.2) is 36.5 Å². The molecular weight excluding hydrogens is 335 g/mol. The third-order valence-corrected chi connectivity index (χ3v) is 2.84. The molecule has 0 amide bonds. The van der Waals surface area contributed by atoms with Gasteiger partial charge in [0.25, 0.3) is 0 Å². The molecular formula is C13H16Hf. The van der Waals surface area contributed by atoms with Gasteiger partial charge in [0, 0.05) is 0 Å². The second-order valence-corrected chi connectivity index (χ2v) is 4.09. The fourth-order valence-corrected chi connectivity index (χ4v) is 0.680. The summed E-state index contributed by atoms with van der Waals surface area (Å²) in [5, 5.41) is 0. The van der Waals surface area contributed by atoms with Gasteiger partial charge < -0.3 is 0 Å². The van der Waals surface area contributed by atoms with Gasteiger partial charge >= 0.3 is 41.0 Å². The average Bonchev–Trinajstić information content (AvgIpc) is 2.94. The van der Waals surface area contributed by atoms with Crippen LogP contribution >= 0.6 is 0 Å². The standard InChI is InChI=1S/2C5H5.C3H6.Hf/c2*1-2-4-5-3-1;1-3-2;/h2*1-3H,4H2;1H,3H2,2H3;/q2*-1;;+2. The zero-order chi connectivity index (χ0) is 10.5. The summed E-state index contributed by atoms with van der Waals surface area (Å²) in [4.78, 5) is 0. The molecule has 0 saturated carbocycles. The second kappa shape index (κ2) is 12.7. The van der Waals surface area contributed by atoms with Crippen LogP contribution in [0.1, 0.15) is 26.2 Å². The van der Waals surface area contributed by atoms with Crippen molar-refractivity contribution in [2.45, 2.75) is 26.2 Å². The van der Waals surface area contributed by atoms with Crippen molar-refractivity contribution < 1.29 is 23.9 Å². The van der Waals surface area contributed by atoms with Crippen LogP contribution in [0.25, 0.3) is 0 Å². The molecule has 0 aromatic carbocycles. The molecule has 0 atom stereocenters. The Labute approximate surface area is 102 Å². The predicted octanol–water partition coefficient (Wildman–Crippen LogP) is 3.36. The summed E-state index contributed by atoms with van der Waals surface area (Å²) in [6.45, 7) is 2.16. The maximum absolute atomic E-state index is 2.99. The minimum atomic E-state index is 1.01. The van der Waals surface area contributed by atoms with Crippen molar-refractivity contribution in [2.75, 3.05) is 0 Å². The van der Waals surface area contributed by atoms with E-state index in [1.165, 1.54) is 30.3 Å². The number of allylic oxidation sites excluding steroid dienone is 8. The van der Waals surface area contributed by atoms with Crippen molar-refractivity contribution in [2.24, 2.45) is 0 Å². The van der Waals surface area contributed by atoms with E-state index >= 15 is 0 Å². The third-order valence-electron chi connectivity index (χ3n) is 1.38. The summed E-state index contributed by atoms with van der Waals surface area (Å²) in [5.74, 6) is 0. The quantitative estimate of drug-likeness (QED) is 0.502. The summed E-state index contributed by atoms with van der Waals surface area (Å²) in [5.41, 5.74) is 0. The molecule has 2 aliphatic rings. The Balaban J connectivity index is 0.000000183. The molecule has 0 heterocycles. The zero-order valence-electron chi connectivity index (χ0n) is 8.66. The Morgan fingerprint density at radius 1 is 1.14 bits per heavy atom. The summed E-state index contributed by atoms with van der Waals surface area (Å²) < 4.78 is 2.26.